The van der Waals surface area contributed by atoms with Crippen molar-refractivity contribution in [2.45, 2.75) is 26.7 Å². The van der Waals surface area contributed by atoms with Crippen LogP contribution in [0, 0.1) is 18.3 Å². The van der Waals surface area contributed by atoms with Gasteiger partial charge in [0.15, 0.2) is 5.82 Å². The van der Waals surface area contributed by atoms with E-state index in [-0.39, 0.29) is 11.8 Å². The molecule has 0 aliphatic heterocycles. The maximum atomic E-state index is 12.2. The van der Waals surface area contributed by atoms with Gasteiger partial charge in [0.2, 0.25) is 0 Å². The van der Waals surface area contributed by atoms with Crippen LogP contribution in [0.1, 0.15) is 39.8 Å². The van der Waals surface area contributed by atoms with Crippen molar-refractivity contribution < 1.29 is 9.53 Å². The number of esters is 1. The summed E-state index contributed by atoms with van der Waals surface area (Å²) in [5, 5.41) is 16.7. The first kappa shape index (κ1) is 19.6. The van der Waals surface area contributed by atoms with Crippen LogP contribution in [-0.2, 0) is 11.2 Å². The monoisotopic (exact) mass is 399 g/mol. The molecule has 3 aromatic heterocycles. The lowest BCUT2D eigenvalue weighted by Crippen LogP contribution is -2.21. The predicted molar refractivity (Wildman–Crippen MR) is 107 cm³/mol. The normalized spacial score (nSPS) is 10.8. The summed E-state index contributed by atoms with van der Waals surface area (Å²) in [4.78, 5) is 24.3. The van der Waals surface area contributed by atoms with Crippen molar-refractivity contribution >= 4 is 39.2 Å². The first-order valence-electron chi connectivity index (χ1n) is 8.83. The smallest absolute Gasteiger partial charge is 0.348 e. The van der Waals surface area contributed by atoms with E-state index in [4.69, 9.17) is 15.7 Å². The quantitative estimate of drug-likeness (QED) is 0.579. The Labute approximate surface area is 166 Å². The third-order valence-electron chi connectivity index (χ3n) is 4.43. The highest BCUT2D eigenvalue weighted by atomic mass is 32.1. The zero-order valence-corrected chi connectivity index (χ0v) is 16.8. The minimum Gasteiger partial charge on any atom is -0.462 e. The molecule has 146 valence electrons. The van der Waals surface area contributed by atoms with E-state index in [1.807, 2.05) is 18.9 Å². The van der Waals surface area contributed by atoms with Gasteiger partial charge in [-0.1, -0.05) is 0 Å². The number of nitrogens with two attached hydrogens (primary N) is 1. The van der Waals surface area contributed by atoms with E-state index in [2.05, 4.69) is 26.2 Å². The van der Waals surface area contributed by atoms with Gasteiger partial charge in [-0.3, -0.25) is 5.10 Å². The van der Waals surface area contributed by atoms with Gasteiger partial charge in [-0.2, -0.15) is 10.4 Å². The Kier molecular flexibility index (Phi) is 5.75. The summed E-state index contributed by atoms with van der Waals surface area (Å²) in [6.45, 7) is 4.69. The second-order valence-electron chi connectivity index (χ2n) is 6.25. The first-order valence-corrected chi connectivity index (χ1v) is 9.64. The maximum Gasteiger partial charge on any atom is 0.348 e. The summed E-state index contributed by atoms with van der Waals surface area (Å²) in [5.41, 5.74) is 7.64. The molecule has 0 unspecified atom stereocenters. The minimum absolute atomic E-state index is 0.226. The highest BCUT2D eigenvalue weighted by molar-refractivity contribution is 7.20. The second-order valence-corrected chi connectivity index (χ2v) is 7.25. The summed E-state index contributed by atoms with van der Waals surface area (Å²) in [7, 11) is 1.94. The van der Waals surface area contributed by atoms with Crippen LogP contribution in [0.3, 0.4) is 0 Å². The number of aromatic amines is 1. The van der Waals surface area contributed by atoms with Crippen molar-refractivity contribution in [1.82, 2.24) is 20.2 Å². The molecule has 0 atom stereocenters. The van der Waals surface area contributed by atoms with Crippen molar-refractivity contribution in [1.29, 1.82) is 5.26 Å². The van der Waals surface area contributed by atoms with E-state index in [0.717, 1.165) is 33.7 Å². The zero-order chi connectivity index (χ0) is 20.3. The number of nitriles is 1. The summed E-state index contributed by atoms with van der Waals surface area (Å²) < 4.78 is 5.14. The number of H-pyrrole nitrogens is 1. The molecule has 0 aromatic carbocycles. The van der Waals surface area contributed by atoms with Gasteiger partial charge in [-0.05, 0) is 32.3 Å². The molecule has 10 heteroatoms. The molecule has 3 heterocycles. The Morgan fingerprint density at radius 2 is 2.25 bits per heavy atom. The summed E-state index contributed by atoms with van der Waals surface area (Å²) >= 11 is 1.32. The fourth-order valence-electron chi connectivity index (χ4n) is 3.03. The van der Waals surface area contributed by atoms with Crippen LogP contribution in [0.15, 0.2) is 6.33 Å². The van der Waals surface area contributed by atoms with Gasteiger partial charge < -0.3 is 15.4 Å². The third kappa shape index (κ3) is 3.61. The van der Waals surface area contributed by atoms with E-state index < -0.39 is 0 Å². The van der Waals surface area contributed by atoms with E-state index in [0.29, 0.717) is 30.0 Å². The molecular weight excluding hydrogens is 378 g/mol. The van der Waals surface area contributed by atoms with Gasteiger partial charge in [0, 0.05) is 13.6 Å². The van der Waals surface area contributed by atoms with Gasteiger partial charge in [-0.25, -0.2) is 14.8 Å². The van der Waals surface area contributed by atoms with Gasteiger partial charge in [-0.15, -0.1) is 11.3 Å². The van der Waals surface area contributed by atoms with Crippen molar-refractivity contribution in [3.63, 3.8) is 0 Å². The number of aromatic nitrogens is 4. The largest absolute Gasteiger partial charge is 0.462 e. The average Bonchev–Trinajstić information content (AvgIpc) is 3.21. The first-order chi connectivity index (χ1) is 13.5. The van der Waals surface area contributed by atoms with Crippen LogP contribution in [0.2, 0.25) is 0 Å². The fourth-order valence-corrected chi connectivity index (χ4v) is 4.07. The van der Waals surface area contributed by atoms with Crippen molar-refractivity contribution in [3.8, 4) is 6.07 Å². The number of nitrogens with one attached hydrogen (secondary N) is 1. The summed E-state index contributed by atoms with van der Waals surface area (Å²) in [6.07, 6.45) is 2.91. The topological polar surface area (TPSA) is 134 Å². The molecule has 0 amide bonds. The lowest BCUT2D eigenvalue weighted by atomic mass is 10.1. The van der Waals surface area contributed by atoms with E-state index in [9.17, 15) is 4.79 Å². The van der Waals surface area contributed by atoms with Crippen LogP contribution >= 0.6 is 11.3 Å². The Morgan fingerprint density at radius 3 is 2.96 bits per heavy atom. The lowest BCUT2D eigenvalue weighted by Gasteiger charge is -2.19. The van der Waals surface area contributed by atoms with Crippen molar-refractivity contribution in [2.75, 3.05) is 30.8 Å². The van der Waals surface area contributed by atoms with Gasteiger partial charge >= 0.3 is 5.97 Å². The van der Waals surface area contributed by atoms with E-state index in [1.54, 1.807) is 6.92 Å². The molecule has 3 aromatic rings. The molecule has 0 spiro atoms. The SMILES string of the molecule is CCOC(=O)c1sc2ncnc(N(C)CCCc3[nH]nc(N)c3C#N)c2c1C. The maximum absolute atomic E-state index is 12.2. The molecular formula is C18H21N7O2S. The number of nitrogen functional groups attached to an aromatic ring is 1. The van der Waals surface area contributed by atoms with Crippen LogP contribution in [-0.4, -0.2) is 46.3 Å². The van der Waals surface area contributed by atoms with Gasteiger partial charge in [0.1, 0.15) is 33.5 Å². The second kappa shape index (κ2) is 8.22. The van der Waals surface area contributed by atoms with Crippen molar-refractivity contribution in [3.05, 3.63) is 28.0 Å². The molecule has 0 saturated carbocycles. The Balaban J connectivity index is 1.79. The number of carbonyl (C=O) groups excluding carboxylic acids is 1. The summed E-state index contributed by atoms with van der Waals surface area (Å²) in [5.74, 6) is 0.653. The third-order valence-corrected chi connectivity index (χ3v) is 5.61. The highest BCUT2D eigenvalue weighted by Crippen LogP contribution is 2.35. The van der Waals surface area contributed by atoms with Crippen LogP contribution in [0.25, 0.3) is 10.2 Å². The number of nitrogens with zero attached hydrogens (tertiary/aromatic N) is 5. The van der Waals surface area contributed by atoms with E-state index >= 15 is 0 Å². The van der Waals surface area contributed by atoms with E-state index in [1.165, 1.54) is 17.7 Å². The molecule has 3 N–H and O–H groups in total. The van der Waals surface area contributed by atoms with Gasteiger partial charge in [0.05, 0.1) is 17.7 Å². The number of hydrogen-bond acceptors (Lipinski definition) is 9. The average molecular weight is 399 g/mol. The molecule has 0 fully saturated rings. The number of aryl methyl sites for hydroxylation is 2. The highest BCUT2D eigenvalue weighted by Gasteiger charge is 2.21. The zero-order valence-electron chi connectivity index (χ0n) is 15.9. The number of rotatable bonds is 7. The molecule has 0 aliphatic rings. The minimum atomic E-state index is -0.336. The number of ether oxygens (including phenoxy) is 1. The van der Waals surface area contributed by atoms with Crippen LogP contribution < -0.4 is 10.6 Å². The predicted octanol–water partition coefficient (Wildman–Crippen LogP) is 2.42. The molecule has 0 saturated heterocycles. The Bertz CT molecular complexity index is 1050. The summed E-state index contributed by atoms with van der Waals surface area (Å²) in [6, 6.07) is 2.07. The molecule has 0 radical (unpaired) electrons. The molecule has 9 nitrogen and oxygen atoms in total. The van der Waals surface area contributed by atoms with Crippen molar-refractivity contribution in [2.24, 2.45) is 0 Å². The lowest BCUT2D eigenvalue weighted by molar-refractivity contribution is 0.0531. The van der Waals surface area contributed by atoms with Crippen LogP contribution in [0.4, 0.5) is 11.6 Å². The van der Waals surface area contributed by atoms with Gasteiger partial charge in [0.25, 0.3) is 0 Å². The number of thiophene rings is 1. The fraction of sp³-hybridized carbons (Fsp3) is 0.389. The van der Waals surface area contributed by atoms with Crippen LogP contribution in [0.5, 0.6) is 0 Å². The number of anilines is 2. The standard InChI is InChI=1S/C18H21N7O2S/c1-4-27-18(26)14-10(2)13-16(21-9-22-17(13)28-14)25(3)7-5-6-12-11(8-19)15(20)24-23-12/h9H,4-7H2,1-3H3,(H3,20,23,24). The number of fused-ring (bicyclic) bond motifs is 1. The number of hydrogen-bond donors (Lipinski definition) is 2. The molecule has 3 rings (SSSR count). The molecule has 0 aliphatic carbocycles. The Hall–Kier alpha value is -3.19. The number of carbonyl (C=O) groups is 1. The molecule has 0 bridgehead atoms. The molecule has 28 heavy (non-hydrogen) atoms. The Morgan fingerprint density at radius 1 is 1.46 bits per heavy atom.